The van der Waals surface area contributed by atoms with Crippen LogP contribution in [0, 0.1) is 0 Å². The van der Waals surface area contributed by atoms with Crippen molar-refractivity contribution in [2.75, 3.05) is 13.6 Å². The molecule has 0 aliphatic heterocycles. The summed E-state index contributed by atoms with van der Waals surface area (Å²) in [7, 11) is 1.99. The van der Waals surface area contributed by atoms with Gasteiger partial charge in [-0.3, -0.25) is 4.90 Å². The number of hydrogen-bond acceptors (Lipinski definition) is 4. The van der Waals surface area contributed by atoms with Crippen molar-refractivity contribution in [2.45, 2.75) is 44.9 Å². The van der Waals surface area contributed by atoms with Gasteiger partial charge in [-0.05, 0) is 39.4 Å². The molecular weight excluding hydrogens is 268 g/mol. The first kappa shape index (κ1) is 15.9. The van der Waals surface area contributed by atoms with E-state index in [9.17, 15) is 5.11 Å². The standard InChI is InChI=1S/C13H23ClN2OS/c1-5-9(15)12(10-6-7-11(14)18-10)16(4)8-13(2,3)17/h6-7,9,12,17H,5,8,15H2,1-4H3. The first-order chi connectivity index (χ1) is 8.24. The first-order valence-corrected chi connectivity index (χ1v) is 7.37. The van der Waals surface area contributed by atoms with Gasteiger partial charge in [0.05, 0.1) is 16.0 Å². The van der Waals surface area contributed by atoms with E-state index >= 15 is 0 Å². The molecule has 2 unspecified atom stereocenters. The Kier molecular flexibility index (Phi) is 5.62. The lowest BCUT2D eigenvalue weighted by atomic mass is 10.0. The van der Waals surface area contributed by atoms with E-state index in [2.05, 4.69) is 11.8 Å². The lowest BCUT2D eigenvalue weighted by molar-refractivity contribution is 0.0272. The van der Waals surface area contributed by atoms with Crippen LogP contribution in [0.3, 0.4) is 0 Å². The van der Waals surface area contributed by atoms with E-state index in [0.29, 0.717) is 6.54 Å². The Hall–Kier alpha value is -0.130. The molecule has 0 amide bonds. The molecule has 0 aliphatic carbocycles. The number of nitrogens with two attached hydrogens (primary N) is 1. The molecule has 3 nitrogen and oxygen atoms in total. The Bertz CT molecular complexity index is 375. The summed E-state index contributed by atoms with van der Waals surface area (Å²) in [4.78, 5) is 3.26. The second-order valence-corrected chi connectivity index (χ2v) is 7.13. The molecule has 1 heterocycles. The van der Waals surface area contributed by atoms with Gasteiger partial charge in [0.25, 0.3) is 0 Å². The van der Waals surface area contributed by atoms with E-state index < -0.39 is 5.60 Å². The minimum Gasteiger partial charge on any atom is -0.389 e. The minimum absolute atomic E-state index is 0.0343. The second kappa shape index (κ2) is 6.35. The van der Waals surface area contributed by atoms with E-state index in [0.717, 1.165) is 15.6 Å². The maximum absolute atomic E-state index is 9.94. The molecule has 1 aromatic rings. The summed E-state index contributed by atoms with van der Waals surface area (Å²) >= 11 is 7.56. The molecule has 1 rings (SSSR count). The van der Waals surface area contributed by atoms with Crippen molar-refractivity contribution in [3.8, 4) is 0 Å². The molecule has 1 aromatic heterocycles. The number of nitrogens with zero attached hydrogens (tertiary/aromatic N) is 1. The maximum Gasteiger partial charge on any atom is 0.0931 e. The van der Waals surface area contributed by atoms with E-state index in [1.165, 1.54) is 0 Å². The third kappa shape index (κ3) is 4.52. The normalized spacial score (nSPS) is 16.0. The van der Waals surface area contributed by atoms with E-state index in [4.69, 9.17) is 17.3 Å². The zero-order valence-corrected chi connectivity index (χ0v) is 13.1. The molecule has 3 N–H and O–H groups in total. The fourth-order valence-corrected chi connectivity index (χ4v) is 3.48. The van der Waals surface area contributed by atoms with Crippen LogP contribution in [0.2, 0.25) is 4.34 Å². The minimum atomic E-state index is -0.735. The lowest BCUT2D eigenvalue weighted by Crippen LogP contribution is -2.44. The van der Waals surface area contributed by atoms with Gasteiger partial charge in [0.2, 0.25) is 0 Å². The van der Waals surface area contributed by atoms with Crippen LogP contribution in [-0.2, 0) is 0 Å². The molecule has 0 spiro atoms. The fraction of sp³-hybridized carbons (Fsp3) is 0.692. The van der Waals surface area contributed by atoms with Crippen molar-refractivity contribution in [1.29, 1.82) is 0 Å². The predicted molar refractivity (Wildman–Crippen MR) is 79.3 cm³/mol. The number of likely N-dealkylation sites (N-methyl/N-ethyl adjacent to an activating group) is 1. The van der Waals surface area contributed by atoms with Crippen LogP contribution in [0.1, 0.15) is 38.1 Å². The van der Waals surface area contributed by atoms with Gasteiger partial charge in [0, 0.05) is 17.5 Å². The average Bonchev–Trinajstić information content (AvgIpc) is 2.62. The Morgan fingerprint density at radius 2 is 2.11 bits per heavy atom. The summed E-state index contributed by atoms with van der Waals surface area (Å²) in [6, 6.07) is 4.05. The van der Waals surface area contributed by atoms with Crippen molar-refractivity contribution in [3.63, 3.8) is 0 Å². The Morgan fingerprint density at radius 3 is 2.50 bits per heavy atom. The first-order valence-electron chi connectivity index (χ1n) is 6.18. The quantitative estimate of drug-likeness (QED) is 0.847. The Balaban J connectivity index is 2.92. The van der Waals surface area contributed by atoms with Crippen LogP contribution >= 0.6 is 22.9 Å². The number of hydrogen-bond donors (Lipinski definition) is 2. The van der Waals surface area contributed by atoms with Gasteiger partial charge in [-0.25, -0.2) is 0 Å². The molecule has 0 aliphatic rings. The summed E-state index contributed by atoms with van der Waals surface area (Å²) in [5.74, 6) is 0. The lowest BCUT2D eigenvalue weighted by Gasteiger charge is -2.35. The summed E-state index contributed by atoms with van der Waals surface area (Å²) < 4.78 is 0.773. The molecule has 0 radical (unpaired) electrons. The van der Waals surface area contributed by atoms with Gasteiger partial charge in [-0.2, -0.15) is 0 Å². The predicted octanol–water partition coefficient (Wildman–Crippen LogP) is 2.88. The molecule has 0 saturated heterocycles. The molecule has 0 aromatic carbocycles. The SMILES string of the molecule is CCC(N)C(c1ccc(Cl)s1)N(C)CC(C)(C)O. The van der Waals surface area contributed by atoms with Crippen LogP contribution in [0.15, 0.2) is 12.1 Å². The van der Waals surface area contributed by atoms with E-state index in [1.807, 2.05) is 19.2 Å². The monoisotopic (exact) mass is 290 g/mol. The zero-order valence-electron chi connectivity index (χ0n) is 11.5. The van der Waals surface area contributed by atoms with Crippen molar-refractivity contribution >= 4 is 22.9 Å². The fourth-order valence-electron chi connectivity index (χ4n) is 2.17. The second-order valence-electron chi connectivity index (χ2n) is 5.39. The van der Waals surface area contributed by atoms with E-state index in [1.54, 1.807) is 25.2 Å². The largest absolute Gasteiger partial charge is 0.389 e. The molecule has 5 heteroatoms. The van der Waals surface area contributed by atoms with Gasteiger partial charge >= 0.3 is 0 Å². The van der Waals surface area contributed by atoms with Crippen LogP contribution in [0.4, 0.5) is 0 Å². The van der Waals surface area contributed by atoms with Crippen LogP contribution in [0.5, 0.6) is 0 Å². The Morgan fingerprint density at radius 1 is 1.50 bits per heavy atom. The molecular formula is C13H23ClN2OS. The van der Waals surface area contributed by atoms with Crippen molar-refractivity contribution in [3.05, 3.63) is 21.3 Å². The van der Waals surface area contributed by atoms with Gasteiger partial charge in [-0.15, -0.1) is 11.3 Å². The summed E-state index contributed by atoms with van der Waals surface area (Å²) in [6.45, 7) is 6.25. The third-order valence-electron chi connectivity index (χ3n) is 2.87. The summed E-state index contributed by atoms with van der Waals surface area (Å²) in [6.07, 6.45) is 0.885. The van der Waals surface area contributed by atoms with Crippen molar-refractivity contribution in [2.24, 2.45) is 5.73 Å². The van der Waals surface area contributed by atoms with E-state index in [-0.39, 0.29) is 12.1 Å². The molecule has 104 valence electrons. The highest BCUT2D eigenvalue weighted by molar-refractivity contribution is 7.16. The smallest absolute Gasteiger partial charge is 0.0931 e. The highest BCUT2D eigenvalue weighted by atomic mass is 35.5. The van der Waals surface area contributed by atoms with Crippen LogP contribution < -0.4 is 5.73 Å². The van der Waals surface area contributed by atoms with Crippen molar-refractivity contribution in [1.82, 2.24) is 4.90 Å². The average molecular weight is 291 g/mol. The van der Waals surface area contributed by atoms with Crippen LogP contribution in [0.25, 0.3) is 0 Å². The number of thiophene rings is 1. The highest BCUT2D eigenvalue weighted by Gasteiger charge is 2.28. The van der Waals surface area contributed by atoms with Gasteiger partial charge in [-0.1, -0.05) is 18.5 Å². The summed E-state index contributed by atoms with van der Waals surface area (Å²) in [5, 5.41) is 9.94. The molecule has 18 heavy (non-hydrogen) atoms. The molecule has 0 bridgehead atoms. The van der Waals surface area contributed by atoms with Crippen LogP contribution in [-0.4, -0.2) is 35.2 Å². The molecule has 0 fully saturated rings. The van der Waals surface area contributed by atoms with Crippen molar-refractivity contribution < 1.29 is 5.11 Å². The van der Waals surface area contributed by atoms with Gasteiger partial charge in [0.1, 0.15) is 0 Å². The molecule has 0 saturated carbocycles. The maximum atomic E-state index is 9.94. The number of rotatable bonds is 6. The topological polar surface area (TPSA) is 49.5 Å². The number of halogens is 1. The molecule has 2 atom stereocenters. The third-order valence-corrected chi connectivity index (χ3v) is 4.18. The highest BCUT2D eigenvalue weighted by Crippen LogP contribution is 2.33. The van der Waals surface area contributed by atoms with Gasteiger partial charge in [0.15, 0.2) is 0 Å². The zero-order chi connectivity index (χ0) is 13.9. The summed E-state index contributed by atoms with van der Waals surface area (Å²) in [5.41, 5.74) is 5.48. The van der Waals surface area contributed by atoms with Gasteiger partial charge < -0.3 is 10.8 Å². The number of aliphatic hydroxyl groups is 1. The Labute approximate surface area is 119 Å².